The van der Waals surface area contributed by atoms with E-state index in [2.05, 4.69) is 15.0 Å². The summed E-state index contributed by atoms with van der Waals surface area (Å²) in [5, 5.41) is 13.7. The molecule has 0 bridgehead atoms. The van der Waals surface area contributed by atoms with Crippen LogP contribution in [0.15, 0.2) is 4.52 Å². The molecule has 3 heterocycles. The quantitative estimate of drug-likeness (QED) is 0.923. The largest absolute Gasteiger partial charge is 0.392 e. The summed E-state index contributed by atoms with van der Waals surface area (Å²) < 4.78 is 5.33. The maximum Gasteiger partial charge on any atom is 0.138 e. The molecule has 5 nitrogen and oxygen atoms in total. The molecular weight excluding hydrogens is 278 g/mol. The van der Waals surface area contributed by atoms with E-state index in [0.717, 1.165) is 37.6 Å². The average Bonchev–Trinajstić information content (AvgIpc) is 3.00. The number of rotatable bonds is 4. The molecule has 0 aromatic carbocycles. The van der Waals surface area contributed by atoms with Crippen molar-refractivity contribution in [3.8, 4) is 0 Å². The summed E-state index contributed by atoms with van der Waals surface area (Å²) in [5.74, 6) is 0.964. The second kappa shape index (κ2) is 6.30. The standard InChI is InChI=1S/C17H29N3O2/c1-13(21)11-19-9-6-17(7-10-19)5-4-8-20(17)12-16-14(2)18-22-15(16)3/h13,21H,4-12H2,1-3H3. The summed E-state index contributed by atoms with van der Waals surface area (Å²) in [6, 6.07) is 0. The van der Waals surface area contributed by atoms with Gasteiger partial charge in [0.2, 0.25) is 0 Å². The molecule has 0 radical (unpaired) electrons. The zero-order chi connectivity index (χ0) is 15.7. The van der Waals surface area contributed by atoms with Crippen LogP contribution in [0.4, 0.5) is 0 Å². The number of aliphatic hydroxyl groups is 1. The van der Waals surface area contributed by atoms with Crippen LogP contribution in [-0.4, -0.2) is 57.9 Å². The summed E-state index contributed by atoms with van der Waals surface area (Å²) in [6.07, 6.45) is 4.79. The van der Waals surface area contributed by atoms with Gasteiger partial charge in [-0.3, -0.25) is 4.90 Å². The summed E-state index contributed by atoms with van der Waals surface area (Å²) in [4.78, 5) is 5.07. The fourth-order valence-corrected chi connectivity index (χ4v) is 4.25. The maximum atomic E-state index is 9.58. The van der Waals surface area contributed by atoms with Crippen LogP contribution < -0.4 is 0 Å². The van der Waals surface area contributed by atoms with Gasteiger partial charge in [-0.15, -0.1) is 0 Å². The van der Waals surface area contributed by atoms with Gasteiger partial charge in [0, 0.05) is 37.3 Å². The van der Waals surface area contributed by atoms with Crippen molar-refractivity contribution in [3.05, 3.63) is 17.0 Å². The molecular formula is C17H29N3O2. The summed E-state index contributed by atoms with van der Waals surface area (Å²) in [6.45, 7) is 11.1. The SMILES string of the molecule is Cc1noc(C)c1CN1CCCC12CCN(CC(C)O)CC2. The molecule has 2 fully saturated rings. The van der Waals surface area contributed by atoms with Gasteiger partial charge in [-0.1, -0.05) is 5.16 Å². The number of likely N-dealkylation sites (tertiary alicyclic amines) is 2. The Balaban J connectivity index is 1.66. The normalized spacial score (nSPS) is 24.2. The zero-order valence-corrected chi connectivity index (χ0v) is 14.1. The fraction of sp³-hybridized carbons (Fsp3) is 0.824. The lowest BCUT2D eigenvalue weighted by Crippen LogP contribution is -2.52. The second-order valence-corrected chi connectivity index (χ2v) is 7.20. The third-order valence-electron chi connectivity index (χ3n) is 5.58. The van der Waals surface area contributed by atoms with Crippen LogP contribution in [0.3, 0.4) is 0 Å². The van der Waals surface area contributed by atoms with Crippen LogP contribution in [0, 0.1) is 13.8 Å². The van der Waals surface area contributed by atoms with Crippen LogP contribution >= 0.6 is 0 Å². The van der Waals surface area contributed by atoms with Gasteiger partial charge in [-0.2, -0.15) is 0 Å². The lowest BCUT2D eigenvalue weighted by atomic mass is 9.84. The molecule has 1 N–H and O–H groups in total. The molecule has 0 amide bonds. The minimum absolute atomic E-state index is 0.226. The van der Waals surface area contributed by atoms with E-state index in [-0.39, 0.29) is 6.10 Å². The third kappa shape index (κ3) is 3.07. The number of β-amino-alcohol motifs (C(OH)–C–C–N with tert-alkyl or cyclic N) is 1. The van der Waals surface area contributed by atoms with E-state index >= 15 is 0 Å². The van der Waals surface area contributed by atoms with Crippen LogP contribution in [0.1, 0.15) is 49.6 Å². The highest BCUT2D eigenvalue weighted by Crippen LogP contribution is 2.39. The van der Waals surface area contributed by atoms with Crippen molar-refractivity contribution in [3.63, 3.8) is 0 Å². The maximum absolute atomic E-state index is 9.58. The predicted octanol–water partition coefficient (Wildman–Crippen LogP) is 2.10. The molecule has 1 aromatic heterocycles. The van der Waals surface area contributed by atoms with E-state index in [1.807, 2.05) is 20.8 Å². The van der Waals surface area contributed by atoms with Gasteiger partial charge in [0.25, 0.3) is 0 Å². The summed E-state index contributed by atoms with van der Waals surface area (Å²) in [7, 11) is 0. The van der Waals surface area contributed by atoms with E-state index in [1.165, 1.54) is 37.8 Å². The van der Waals surface area contributed by atoms with Crippen molar-refractivity contribution in [2.24, 2.45) is 0 Å². The Morgan fingerprint density at radius 3 is 2.55 bits per heavy atom. The van der Waals surface area contributed by atoms with Crippen molar-refractivity contribution < 1.29 is 9.63 Å². The lowest BCUT2D eigenvalue weighted by Gasteiger charge is -2.45. The number of hydrogen-bond acceptors (Lipinski definition) is 5. The molecule has 22 heavy (non-hydrogen) atoms. The monoisotopic (exact) mass is 307 g/mol. The molecule has 1 unspecified atom stereocenters. The molecule has 1 atom stereocenters. The van der Waals surface area contributed by atoms with Crippen LogP contribution in [-0.2, 0) is 6.54 Å². The van der Waals surface area contributed by atoms with Crippen molar-refractivity contribution in [2.75, 3.05) is 26.2 Å². The fourth-order valence-electron chi connectivity index (χ4n) is 4.25. The van der Waals surface area contributed by atoms with Crippen molar-refractivity contribution in [2.45, 2.75) is 64.6 Å². The Morgan fingerprint density at radius 1 is 1.23 bits per heavy atom. The molecule has 5 heteroatoms. The minimum Gasteiger partial charge on any atom is -0.392 e. The van der Waals surface area contributed by atoms with E-state index in [9.17, 15) is 5.11 Å². The molecule has 0 saturated carbocycles. The van der Waals surface area contributed by atoms with Crippen LogP contribution in [0.2, 0.25) is 0 Å². The highest BCUT2D eigenvalue weighted by Gasteiger charge is 2.43. The van der Waals surface area contributed by atoms with Crippen LogP contribution in [0.5, 0.6) is 0 Å². The van der Waals surface area contributed by atoms with Gasteiger partial charge in [0.05, 0.1) is 11.8 Å². The first-order valence-corrected chi connectivity index (χ1v) is 8.57. The number of aromatic nitrogens is 1. The van der Waals surface area contributed by atoms with E-state index < -0.39 is 0 Å². The molecule has 2 aliphatic heterocycles. The molecule has 0 aliphatic carbocycles. The number of aryl methyl sites for hydroxylation is 2. The number of hydrogen-bond donors (Lipinski definition) is 1. The second-order valence-electron chi connectivity index (χ2n) is 7.20. The summed E-state index contributed by atoms with van der Waals surface area (Å²) >= 11 is 0. The molecule has 1 aromatic rings. The van der Waals surface area contributed by atoms with Crippen molar-refractivity contribution in [1.29, 1.82) is 0 Å². The Bertz CT molecular complexity index is 485. The van der Waals surface area contributed by atoms with Crippen molar-refractivity contribution >= 4 is 0 Å². The highest BCUT2D eigenvalue weighted by molar-refractivity contribution is 5.21. The zero-order valence-electron chi connectivity index (χ0n) is 14.1. The van der Waals surface area contributed by atoms with Crippen LogP contribution in [0.25, 0.3) is 0 Å². The first kappa shape index (κ1) is 16.0. The molecule has 2 saturated heterocycles. The van der Waals surface area contributed by atoms with Gasteiger partial charge in [0.1, 0.15) is 5.76 Å². The first-order chi connectivity index (χ1) is 10.5. The lowest BCUT2D eigenvalue weighted by molar-refractivity contribution is 0.0303. The van der Waals surface area contributed by atoms with Gasteiger partial charge in [0.15, 0.2) is 0 Å². The summed E-state index contributed by atoms with van der Waals surface area (Å²) in [5.41, 5.74) is 2.66. The molecule has 2 aliphatic rings. The van der Waals surface area contributed by atoms with E-state index in [4.69, 9.17) is 4.52 Å². The topological polar surface area (TPSA) is 52.7 Å². The minimum atomic E-state index is -0.226. The Kier molecular flexibility index (Phi) is 4.57. The molecule has 3 rings (SSSR count). The highest BCUT2D eigenvalue weighted by atomic mass is 16.5. The number of piperidine rings is 1. The smallest absolute Gasteiger partial charge is 0.138 e. The Labute approximate surface area is 133 Å². The Hall–Kier alpha value is -0.910. The van der Waals surface area contributed by atoms with E-state index in [0.29, 0.717) is 5.54 Å². The Morgan fingerprint density at radius 2 is 1.95 bits per heavy atom. The first-order valence-electron chi connectivity index (χ1n) is 8.57. The van der Waals surface area contributed by atoms with Gasteiger partial charge in [-0.25, -0.2) is 0 Å². The molecule has 124 valence electrons. The van der Waals surface area contributed by atoms with Crippen molar-refractivity contribution in [1.82, 2.24) is 15.0 Å². The predicted molar refractivity (Wildman–Crippen MR) is 85.7 cm³/mol. The molecule has 1 spiro atoms. The number of nitrogens with zero attached hydrogens (tertiary/aromatic N) is 3. The van der Waals surface area contributed by atoms with Gasteiger partial charge >= 0.3 is 0 Å². The van der Waals surface area contributed by atoms with E-state index in [1.54, 1.807) is 0 Å². The van der Waals surface area contributed by atoms with Gasteiger partial charge < -0.3 is 14.5 Å². The van der Waals surface area contributed by atoms with Gasteiger partial charge in [-0.05, 0) is 53.0 Å². The third-order valence-corrected chi connectivity index (χ3v) is 5.58. The average molecular weight is 307 g/mol. The number of aliphatic hydroxyl groups excluding tert-OH is 1.